The molecule has 0 aliphatic carbocycles. The molecule has 1 amide bonds. The van der Waals surface area contributed by atoms with Crippen LogP contribution < -0.4 is 15.0 Å². The molecule has 5 rings (SSSR count). The summed E-state index contributed by atoms with van der Waals surface area (Å²) in [5.41, 5.74) is 2.33. The van der Waals surface area contributed by atoms with E-state index in [1.54, 1.807) is 6.07 Å². The first kappa shape index (κ1) is 21.9. The van der Waals surface area contributed by atoms with Crippen molar-refractivity contribution in [3.8, 4) is 5.75 Å². The zero-order valence-electron chi connectivity index (χ0n) is 18.7. The molecule has 0 bridgehead atoms. The monoisotopic (exact) mass is 469 g/mol. The number of aryl methyl sites for hydroxylation is 1. The first-order valence-electron chi connectivity index (χ1n) is 11.6. The number of nitrogens with one attached hydrogen (secondary N) is 1. The maximum atomic E-state index is 12.6. The van der Waals surface area contributed by atoms with Gasteiger partial charge in [0.1, 0.15) is 5.75 Å². The van der Waals surface area contributed by atoms with Gasteiger partial charge in [0.15, 0.2) is 5.78 Å². The van der Waals surface area contributed by atoms with Crippen LogP contribution in [0.5, 0.6) is 5.75 Å². The van der Waals surface area contributed by atoms with Gasteiger partial charge in [-0.1, -0.05) is 18.5 Å². The van der Waals surface area contributed by atoms with Crippen molar-refractivity contribution in [1.82, 2.24) is 14.9 Å². The molecular formula is C24H28ClN5O3. The van der Waals surface area contributed by atoms with Crippen molar-refractivity contribution in [2.24, 2.45) is 0 Å². The third-order valence-electron chi connectivity index (χ3n) is 6.77. The summed E-state index contributed by atoms with van der Waals surface area (Å²) in [6.07, 6.45) is 7.30. The fraction of sp³-hybridized carbons (Fsp3) is 0.500. The molecule has 3 aliphatic heterocycles. The van der Waals surface area contributed by atoms with Crippen molar-refractivity contribution < 1.29 is 14.3 Å². The number of halogens is 1. The lowest BCUT2D eigenvalue weighted by atomic mass is 9.97. The number of amides is 1. The van der Waals surface area contributed by atoms with E-state index in [4.69, 9.17) is 16.3 Å². The number of hydrogen-bond donors (Lipinski definition) is 1. The number of piperidine rings is 1. The number of anilines is 2. The van der Waals surface area contributed by atoms with E-state index in [1.807, 2.05) is 23.4 Å². The minimum atomic E-state index is -0.0786. The highest BCUT2D eigenvalue weighted by atomic mass is 35.5. The van der Waals surface area contributed by atoms with Gasteiger partial charge in [-0.3, -0.25) is 9.59 Å². The summed E-state index contributed by atoms with van der Waals surface area (Å²) >= 11 is 6.58. The Morgan fingerprint density at radius 3 is 2.73 bits per heavy atom. The number of benzene rings is 1. The van der Waals surface area contributed by atoms with Crippen molar-refractivity contribution in [3.63, 3.8) is 0 Å². The van der Waals surface area contributed by atoms with Crippen molar-refractivity contribution in [1.29, 1.82) is 0 Å². The van der Waals surface area contributed by atoms with E-state index in [9.17, 15) is 9.59 Å². The van der Waals surface area contributed by atoms with E-state index in [2.05, 4.69) is 27.1 Å². The second-order valence-electron chi connectivity index (χ2n) is 8.84. The molecular weight excluding hydrogens is 442 g/mol. The first-order valence-corrected chi connectivity index (χ1v) is 12.0. The third kappa shape index (κ3) is 4.36. The van der Waals surface area contributed by atoms with Crippen LogP contribution in [0.1, 0.15) is 48.5 Å². The van der Waals surface area contributed by atoms with Crippen LogP contribution in [0, 0.1) is 0 Å². The average Bonchev–Trinajstić information content (AvgIpc) is 3.26. The number of rotatable bonds is 5. The molecule has 4 heterocycles. The van der Waals surface area contributed by atoms with Gasteiger partial charge in [-0.25, -0.2) is 9.97 Å². The van der Waals surface area contributed by atoms with Crippen LogP contribution in [0.4, 0.5) is 11.6 Å². The fourth-order valence-corrected chi connectivity index (χ4v) is 5.16. The quantitative estimate of drug-likeness (QED) is 0.718. The Hall–Kier alpha value is -2.87. The molecule has 1 N–H and O–H groups in total. The van der Waals surface area contributed by atoms with Gasteiger partial charge >= 0.3 is 0 Å². The van der Waals surface area contributed by atoms with Crippen LogP contribution in [0.25, 0.3) is 0 Å². The summed E-state index contributed by atoms with van der Waals surface area (Å²) in [7, 11) is 0. The number of ether oxygens (including phenoxy) is 1. The minimum absolute atomic E-state index is 0.0424. The predicted octanol–water partition coefficient (Wildman–Crippen LogP) is 3.34. The smallest absolute Gasteiger partial charge is 0.225 e. The Bertz CT molecular complexity index is 1060. The van der Waals surface area contributed by atoms with E-state index in [-0.39, 0.29) is 23.8 Å². The first-order chi connectivity index (χ1) is 16.0. The Balaban J connectivity index is 1.42. The maximum Gasteiger partial charge on any atom is 0.225 e. The van der Waals surface area contributed by atoms with Gasteiger partial charge in [0.25, 0.3) is 0 Å². The molecule has 1 aromatic carbocycles. The molecule has 2 fully saturated rings. The highest BCUT2D eigenvalue weighted by molar-refractivity contribution is 6.33. The Morgan fingerprint density at radius 1 is 1.18 bits per heavy atom. The van der Waals surface area contributed by atoms with Crippen molar-refractivity contribution in [2.75, 3.05) is 36.5 Å². The van der Waals surface area contributed by atoms with Crippen LogP contribution >= 0.6 is 11.6 Å². The lowest BCUT2D eigenvalue weighted by molar-refractivity contribution is -0.130. The van der Waals surface area contributed by atoms with E-state index in [0.29, 0.717) is 54.0 Å². The van der Waals surface area contributed by atoms with Crippen molar-refractivity contribution >= 4 is 34.9 Å². The molecule has 1 unspecified atom stereocenters. The van der Waals surface area contributed by atoms with E-state index in [1.165, 1.54) is 0 Å². The van der Waals surface area contributed by atoms with Crippen LogP contribution in [0.15, 0.2) is 24.5 Å². The van der Waals surface area contributed by atoms with E-state index in [0.717, 1.165) is 37.9 Å². The molecule has 2 aromatic rings. The fourth-order valence-electron chi connectivity index (χ4n) is 4.94. The number of Topliss-reactive ketones (excluding diaryl/α,β-unsaturated/α-hetero) is 1. The second kappa shape index (κ2) is 9.17. The third-order valence-corrected chi connectivity index (χ3v) is 7.08. The summed E-state index contributed by atoms with van der Waals surface area (Å²) in [6, 6.07) is 3.46. The Morgan fingerprint density at radius 2 is 2.00 bits per heavy atom. The van der Waals surface area contributed by atoms with Gasteiger partial charge in [-0.2, -0.15) is 0 Å². The summed E-state index contributed by atoms with van der Waals surface area (Å²) < 4.78 is 5.72. The molecule has 0 saturated carbocycles. The number of aromatic nitrogens is 2. The number of carbonyl (C=O) groups excluding carboxylic acids is 2. The lowest BCUT2D eigenvalue weighted by Crippen LogP contribution is -2.57. The summed E-state index contributed by atoms with van der Waals surface area (Å²) in [6.45, 7) is 4.64. The summed E-state index contributed by atoms with van der Waals surface area (Å²) in [5, 5.41) is 4.04. The number of likely N-dealkylation sites (tertiary alicyclic amines) is 1. The number of fused-ring (bicyclic) bond motifs is 1. The molecule has 0 spiro atoms. The molecule has 1 aromatic heterocycles. The molecule has 9 heteroatoms. The van der Waals surface area contributed by atoms with Gasteiger partial charge in [-0.15, -0.1) is 0 Å². The molecule has 2 saturated heterocycles. The van der Waals surface area contributed by atoms with E-state index >= 15 is 0 Å². The zero-order valence-corrected chi connectivity index (χ0v) is 19.5. The zero-order chi connectivity index (χ0) is 22.9. The maximum absolute atomic E-state index is 12.6. The number of nitrogens with zero attached hydrogens (tertiary/aromatic N) is 4. The molecule has 174 valence electrons. The molecule has 0 radical (unpaired) electrons. The standard InChI is InChI=1S/C24H28ClN5O3/c1-2-15-12-26-24(27-13-15)29-8-5-20(30-7-3-4-23(30)32)19(14-29)28-18-11-22-16(10-17(18)25)21(31)6-9-33-22/h10-13,19-20,28H,2-9,14H2,1H3/t19-,20?/m1/s1. The average molecular weight is 470 g/mol. The van der Waals surface area contributed by atoms with Crippen LogP contribution in [0.2, 0.25) is 5.02 Å². The highest BCUT2D eigenvalue weighted by Gasteiger charge is 2.38. The van der Waals surface area contributed by atoms with E-state index < -0.39 is 0 Å². The largest absolute Gasteiger partial charge is 0.492 e. The molecule has 2 atom stereocenters. The normalized spacial score (nSPS) is 22.8. The van der Waals surface area contributed by atoms with Gasteiger partial charge in [-0.05, 0) is 30.9 Å². The summed E-state index contributed by atoms with van der Waals surface area (Å²) in [5.74, 6) is 1.49. The topological polar surface area (TPSA) is 87.7 Å². The highest BCUT2D eigenvalue weighted by Crippen LogP contribution is 2.36. The number of carbonyl (C=O) groups is 2. The number of hydrogen-bond acceptors (Lipinski definition) is 7. The van der Waals surface area contributed by atoms with Gasteiger partial charge < -0.3 is 19.9 Å². The molecule has 3 aliphatic rings. The van der Waals surface area contributed by atoms with Gasteiger partial charge in [0, 0.05) is 50.9 Å². The van der Waals surface area contributed by atoms with Crippen LogP contribution in [-0.2, 0) is 11.2 Å². The van der Waals surface area contributed by atoms with Crippen molar-refractivity contribution in [2.45, 2.75) is 51.1 Å². The minimum Gasteiger partial charge on any atom is -0.492 e. The SMILES string of the molecule is CCc1cnc(N2CCC(N3CCCC3=O)[C@H](Nc3cc4c(cc3Cl)C(=O)CCO4)C2)nc1. The molecule has 33 heavy (non-hydrogen) atoms. The predicted molar refractivity (Wildman–Crippen MR) is 126 cm³/mol. The van der Waals surface area contributed by atoms with Gasteiger partial charge in [0.05, 0.1) is 35.0 Å². The van der Waals surface area contributed by atoms with Crippen molar-refractivity contribution in [3.05, 3.63) is 40.7 Å². The number of ketones is 1. The second-order valence-corrected chi connectivity index (χ2v) is 9.25. The Kier molecular flexibility index (Phi) is 6.10. The lowest BCUT2D eigenvalue weighted by Gasteiger charge is -2.43. The molecule has 8 nitrogen and oxygen atoms in total. The van der Waals surface area contributed by atoms with Crippen LogP contribution in [-0.4, -0.2) is 64.9 Å². The van der Waals surface area contributed by atoms with Crippen LogP contribution in [0.3, 0.4) is 0 Å². The Labute approximate surface area is 198 Å². The van der Waals surface area contributed by atoms with Gasteiger partial charge in [0.2, 0.25) is 11.9 Å². The summed E-state index contributed by atoms with van der Waals surface area (Å²) in [4.78, 5) is 38.1.